The molecule has 94 valence electrons. The van der Waals surface area contributed by atoms with Gasteiger partial charge in [-0.1, -0.05) is 31.2 Å². The van der Waals surface area contributed by atoms with E-state index in [2.05, 4.69) is 4.98 Å². The average molecular weight is 251 g/mol. The molecule has 2 rings (SSSR count). The number of alkyl halides is 3. The van der Waals surface area contributed by atoms with Crippen molar-refractivity contribution in [2.24, 2.45) is 0 Å². The standard InChI is InChI=1S/C14H12F3N/c1-2-10-3-5-11(6-4-10)13-9-12(7-8-18-13)14(15,16)17/h3-9H,2H2,1H3. The third kappa shape index (κ3) is 2.70. The van der Waals surface area contributed by atoms with Crippen LogP contribution in [-0.4, -0.2) is 4.98 Å². The molecule has 18 heavy (non-hydrogen) atoms. The normalized spacial score (nSPS) is 11.6. The van der Waals surface area contributed by atoms with E-state index in [1.807, 2.05) is 19.1 Å². The summed E-state index contributed by atoms with van der Waals surface area (Å²) in [5.74, 6) is 0. The third-order valence-corrected chi connectivity index (χ3v) is 2.75. The predicted molar refractivity (Wildman–Crippen MR) is 64.1 cm³/mol. The molecule has 0 bridgehead atoms. The van der Waals surface area contributed by atoms with Crippen LogP contribution in [0.1, 0.15) is 18.1 Å². The van der Waals surface area contributed by atoms with Gasteiger partial charge in [0.2, 0.25) is 0 Å². The highest BCUT2D eigenvalue weighted by atomic mass is 19.4. The fraction of sp³-hybridized carbons (Fsp3) is 0.214. The summed E-state index contributed by atoms with van der Waals surface area (Å²) in [5, 5.41) is 0. The summed E-state index contributed by atoms with van der Waals surface area (Å²) in [4.78, 5) is 3.98. The highest BCUT2D eigenvalue weighted by molar-refractivity contribution is 5.60. The SMILES string of the molecule is CCc1ccc(-c2cc(C(F)(F)F)ccn2)cc1. The van der Waals surface area contributed by atoms with Crippen LogP contribution in [0.25, 0.3) is 11.3 Å². The molecule has 0 unspecified atom stereocenters. The quantitative estimate of drug-likeness (QED) is 0.774. The van der Waals surface area contributed by atoms with Crippen molar-refractivity contribution in [2.75, 3.05) is 0 Å². The first-order chi connectivity index (χ1) is 8.50. The summed E-state index contributed by atoms with van der Waals surface area (Å²) in [7, 11) is 0. The molecule has 0 saturated heterocycles. The van der Waals surface area contributed by atoms with Gasteiger partial charge >= 0.3 is 6.18 Å². The minimum Gasteiger partial charge on any atom is -0.256 e. The van der Waals surface area contributed by atoms with Gasteiger partial charge in [0.1, 0.15) is 0 Å². The van der Waals surface area contributed by atoms with Crippen LogP contribution < -0.4 is 0 Å². The first-order valence-corrected chi connectivity index (χ1v) is 5.63. The monoisotopic (exact) mass is 251 g/mol. The van der Waals surface area contributed by atoms with Gasteiger partial charge in [-0.15, -0.1) is 0 Å². The summed E-state index contributed by atoms with van der Waals surface area (Å²) in [6.45, 7) is 2.03. The van der Waals surface area contributed by atoms with Crippen LogP contribution in [0.15, 0.2) is 42.6 Å². The van der Waals surface area contributed by atoms with Crippen molar-refractivity contribution in [1.29, 1.82) is 0 Å². The maximum absolute atomic E-state index is 12.6. The van der Waals surface area contributed by atoms with Gasteiger partial charge in [-0.05, 0) is 24.1 Å². The lowest BCUT2D eigenvalue weighted by atomic mass is 10.1. The van der Waals surface area contributed by atoms with Crippen molar-refractivity contribution >= 4 is 0 Å². The summed E-state index contributed by atoms with van der Waals surface area (Å²) < 4.78 is 37.7. The maximum Gasteiger partial charge on any atom is 0.416 e. The number of nitrogens with zero attached hydrogens (tertiary/aromatic N) is 1. The molecule has 2 aromatic rings. The molecule has 0 aliphatic heterocycles. The number of pyridine rings is 1. The van der Waals surface area contributed by atoms with E-state index in [1.165, 1.54) is 6.20 Å². The van der Waals surface area contributed by atoms with Gasteiger partial charge in [-0.2, -0.15) is 13.2 Å². The molecule has 0 radical (unpaired) electrons. The number of rotatable bonds is 2. The largest absolute Gasteiger partial charge is 0.416 e. The topological polar surface area (TPSA) is 12.9 Å². The first kappa shape index (κ1) is 12.6. The van der Waals surface area contributed by atoms with Crippen LogP contribution in [0, 0.1) is 0 Å². The van der Waals surface area contributed by atoms with Crippen molar-refractivity contribution in [1.82, 2.24) is 4.98 Å². The van der Waals surface area contributed by atoms with Crippen LogP contribution >= 0.6 is 0 Å². The van der Waals surface area contributed by atoms with Crippen molar-refractivity contribution in [3.05, 3.63) is 53.7 Å². The molecule has 0 spiro atoms. The molecule has 4 heteroatoms. The number of halogens is 3. The van der Waals surface area contributed by atoms with E-state index >= 15 is 0 Å². The Morgan fingerprint density at radius 2 is 1.72 bits per heavy atom. The zero-order chi connectivity index (χ0) is 13.2. The summed E-state index contributed by atoms with van der Waals surface area (Å²) in [6, 6.07) is 9.43. The highest BCUT2D eigenvalue weighted by Crippen LogP contribution is 2.31. The molecule has 0 saturated carbocycles. The van der Waals surface area contributed by atoms with Crippen LogP contribution in [0.3, 0.4) is 0 Å². The van der Waals surface area contributed by atoms with Crippen molar-refractivity contribution in [3.63, 3.8) is 0 Å². The molecule has 1 aromatic heterocycles. The van der Waals surface area contributed by atoms with Gasteiger partial charge in [0.25, 0.3) is 0 Å². The number of aryl methyl sites for hydroxylation is 1. The average Bonchev–Trinajstić information content (AvgIpc) is 2.38. The molecule has 0 fully saturated rings. The zero-order valence-corrected chi connectivity index (χ0v) is 9.83. The Labute approximate surface area is 103 Å². The first-order valence-electron chi connectivity index (χ1n) is 5.63. The van der Waals surface area contributed by atoms with E-state index < -0.39 is 11.7 Å². The molecule has 0 aliphatic rings. The van der Waals surface area contributed by atoms with E-state index in [4.69, 9.17) is 0 Å². The third-order valence-electron chi connectivity index (χ3n) is 2.75. The Bertz CT molecular complexity index is 529. The minimum absolute atomic E-state index is 0.340. The Morgan fingerprint density at radius 1 is 1.06 bits per heavy atom. The lowest BCUT2D eigenvalue weighted by molar-refractivity contribution is -0.137. The molecule has 0 N–H and O–H groups in total. The number of hydrogen-bond acceptors (Lipinski definition) is 1. The van der Waals surface area contributed by atoms with E-state index in [0.29, 0.717) is 11.3 Å². The van der Waals surface area contributed by atoms with Crippen LogP contribution in [-0.2, 0) is 12.6 Å². The molecule has 0 atom stereocenters. The van der Waals surface area contributed by atoms with Gasteiger partial charge in [-0.3, -0.25) is 4.98 Å². The van der Waals surface area contributed by atoms with Gasteiger partial charge in [0, 0.05) is 11.8 Å². The minimum atomic E-state index is -4.33. The highest BCUT2D eigenvalue weighted by Gasteiger charge is 2.30. The maximum atomic E-state index is 12.6. The second kappa shape index (κ2) is 4.80. The number of hydrogen-bond donors (Lipinski definition) is 0. The van der Waals surface area contributed by atoms with Crippen molar-refractivity contribution in [3.8, 4) is 11.3 Å². The molecule has 1 aromatic carbocycles. The summed E-state index contributed by atoms with van der Waals surface area (Å²) in [5.41, 5.74) is 1.50. The molecule has 1 nitrogen and oxygen atoms in total. The number of aromatic nitrogens is 1. The molecule has 0 amide bonds. The smallest absolute Gasteiger partial charge is 0.256 e. The Kier molecular flexibility index (Phi) is 3.36. The fourth-order valence-corrected chi connectivity index (χ4v) is 1.68. The molecule has 1 heterocycles. The molecule has 0 aliphatic carbocycles. The van der Waals surface area contributed by atoms with Crippen molar-refractivity contribution in [2.45, 2.75) is 19.5 Å². The van der Waals surface area contributed by atoms with Crippen LogP contribution in [0.5, 0.6) is 0 Å². The van der Waals surface area contributed by atoms with Crippen molar-refractivity contribution < 1.29 is 13.2 Å². The number of benzene rings is 1. The predicted octanol–water partition coefficient (Wildman–Crippen LogP) is 4.33. The van der Waals surface area contributed by atoms with Crippen LogP contribution in [0.2, 0.25) is 0 Å². The van der Waals surface area contributed by atoms with E-state index in [9.17, 15) is 13.2 Å². The zero-order valence-electron chi connectivity index (χ0n) is 9.83. The second-order valence-electron chi connectivity index (χ2n) is 3.98. The van der Waals surface area contributed by atoms with E-state index in [1.54, 1.807) is 12.1 Å². The lowest BCUT2D eigenvalue weighted by Crippen LogP contribution is -2.05. The summed E-state index contributed by atoms with van der Waals surface area (Å²) >= 11 is 0. The Hall–Kier alpha value is -1.84. The van der Waals surface area contributed by atoms with Gasteiger partial charge in [-0.25, -0.2) is 0 Å². The fourth-order valence-electron chi connectivity index (χ4n) is 1.68. The Balaban J connectivity index is 2.38. The van der Waals surface area contributed by atoms with Gasteiger partial charge in [0.05, 0.1) is 11.3 Å². The molecular formula is C14H12F3N. The van der Waals surface area contributed by atoms with Gasteiger partial charge < -0.3 is 0 Å². The van der Waals surface area contributed by atoms with Gasteiger partial charge in [0.15, 0.2) is 0 Å². The van der Waals surface area contributed by atoms with Crippen LogP contribution in [0.4, 0.5) is 13.2 Å². The molecular weight excluding hydrogens is 239 g/mol. The lowest BCUT2D eigenvalue weighted by Gasteiger charge is -2.08. The summed E-state index contributed by atoms with van der Waals surface area (Å²) in [6.07, 6.45) is -2.25. The van der Waals surface area contributed by atoms with E-state index in [0.717, 1.165) is 24.1 Å². The Morgan fingerprint density at radius 3 is 2.28 bits per heavy atom. The second-order valence-corrected chi connectivity index (χ2v) is 3.98. The van der Waals surface area contributed by atoms with E-state index in [-0.39, 0.29) is 0 Å².